The van der Waals surface area contributed by atoms with Crippen LogP contribution in [0.4, 0.5) is 0 Å². The molecule has 2 N–H and O–H groups in total. The molecule has 1 fully saturated rings. The molecule has 1 aliphatic carbocycles. The average molecular weight is 192 g/mol. The Morgan fingerprint density at radius 3 is 1.75 bits per heavy atom. The first kappa shape index (κ1) is 12.2. The van der Waals surface area contributed by atoms with Crippen LogP contribution in [0.15, 0.2) is 0 Å². The fraction of sp³-hybridized carbons (Fsp3) is 1.00. The lowest BCUT2D eigenvalue weighted by molar-refractivity contribution is 0.124. The molecule has 0 amide bonds. The number of hydrogen-bond acceptors (Lipinski definition) is 1. The van der Waals surface area contributed by atoms with E-state index in [9.17, 15) is 0 Å². The first-order valence-corrected chi connectivity index (χ1v) is 4.68. The molecule has 0 heterocycles. The molecule has 0 radical (unpaired) electrons. The number of halogens is 1. The van der Waals surface area contributed by atoms with E-state index < -0.39 is 0 Å². The zero-order valence-corrected chi connectivity index (χ0v) is 9.34. The molecule has 1 rings (SSSR count). The van der Waals surface area contributed by atoms with Crippen LogP contribution in [0.25, 0.3) is 0 Å². The van der Waals surface area contributed by atoms with Crippen molar-refractivity contribution in [3.8, 4) is 0 Å². The highest BCUT2D eigenvalue weighted by Crippen LogP contribution is 2.43. The van der Waals surface area contributed by atoms with Crippen molar-refractivity contribution in [3.63, 3.8) is 0 Å². The molecule has 1 saturated carbocycles. The van der Waals surface area contributed by atoms with E-state index in [0.717, 1.165) is 6.54 Å². The fourth-order valence-corrected chi connectivity index (χ4v) is 1.73. The van der Waals surface area contributed by atoms with Gasteiger partial charge in [-0.25, -0.2) is 0 Å². The smallest absolute Gasteiger partial charge is 0.00232 e. The summed E-state index contributed by atoms with van der Waals surface area (Å²) in [5.41, 5.74) is 6.76. The Morgan fingerprint density at radius 2 is 1.42 bits per heavy atom. The van der Waals surface area contributed by atoms with E-state index >= 15 is 0 Å². The standard InChI is InChI=1S/C10H21N.ClH/c1-9(2)4-6-10(3,8-11)7-5-9;/h4-8,11H2,1-3H3;1H. The monoisotopic (exact) mass is 191 g/mol. The van der Waals surface area contributed by atoms with E-state index in [-0.39, 0.29) is 12.4 Å². The number of nitrogens with two attached hydrogens (primary N) is 1. The van der Waals surface area contributed by atoms with Crippen LogP contribution in [0.2, 0.25) is 0 Å². The fourth-order valence-electron chi connectivity index (χ4n) is 1.73. The maximum Gasteiger partial charge on any atom is -0.00232 e. The normalized spacial score (nSPS) is 26.0. The molecule has 0 spiro atoms. The molecule has 0 aromatic carbocycles. The molecule has 0 bridgehead atoms. The molecule has 0 saturated heterocycles. The van der Waals surface area contributed by atoms with Gasteiger partial charge in [-0.05, 0) is 43.1 Å². The van der Waals surface area contributed by atoms with Crippen LogP contribution in [0.1, 0.15) is 46.5 Å². The summed E-state index contributed by atoms with van der Waals surface area (Å²) in [6.45, 7) is 7.91. The Morgan fingerprint density at radius 1 is 1.00 bits per heavy atom. The third-order valence-electron chi connectivity index (χ3n) is 3.30. The van der Waals surface area contributed by atoms with Crippen molar-refractivity contribution >= 4 is 12.4 Å². The van der Waals surface area contributed by atoms with Gasteiger partial charge in [0, 0.05) is 0 Å². The molecular formula is C10H22ClN. The van der Waals surface area contributed by atoms with E-state index in [1.165, 1.54) is 25.7 Å². The molecule has 0 aliphatic heterocycles. The molecule has 1 aliphatic rings. The Kier molecular flexibility index (Phi) is 4.05. The van der Waals surface area contributed by atoms with E-state index in [1.807, 2.05) is 0 Å². The van der Waals surface area contributed by atoms with Gasteiger partial charge in [0.05, 0.1) is 0 Å². The van der Waals surface area contributed by atoms with Gasteiger partial charge in [0.1, 0.15) is 0 Å². The zero-order chi connectivity index (χ0) is 8.54. The van der Waals surface area contributed by atoms with E-state index in [0.29, 0.717) is 10.8 Å². The van der Waals surface area contributed by atoms with Crippen molar-refractivity contribution in [2.75, 3.05) is 6.54 Å². The molecule has 1 nitrogen and oxygen atoms in total. The maximum atomic E-state index is 5.73. The van der Waals surface area contributed by atoms with Gasteiger partial charge in [0.25, 0.3) is 0 Å². The van der Waals surface area contributed by atoms with Gasteiger partial charge in [-0.3, -0.25) is 0 Å². The first-order chi connectivity index (χ1) is 4.97. The average Bonchev–Trinajstić information content (AvgIpc) is 1.97. The summed E-state index contributed by atoms with van der Waals surface area (Å²) in [4.78, 5) is 0. The van der Waals surface area contributed by atoms with Gasteiger partial charge in [-0.15, -0.1) is 12.4 Å². The Balaban J connectivity index is 0.00000121. The maximum absolute atomic E-state index is 5.73. The summed E-state index contributed by atoms with van der Waals surface area (Å²) >= 11 is 0. The minimum Gasteiger partial charge on any atom is -0.330 e. The highest BCUT2D eigenvalue weighted by molar-refractivity contribution is 5.85. The quantitative estimate of drug-likeness (QED) is 0.678. The van der Waals surface area contributed by atoms with Crippen LogP contribution in [0.3, 0.4) is 0 Å². The van der Waals surface area contributed by atoms with Gasteiger partial charge < -0.3 is 5.73 Å². The van der Waals surface area contributed by atoms with Crippen molar-refractivity contribution in [3.05, 3.63) is 0 Å². The Bertz CT molecular complexity index is 133. The first-order valence-electron chi connectivity index (χ1n) is 4.68. The van der Waals surface area contributed by atoms with Gasteiger partial charge >= 0.3 is 0 Å². The Hall–Kier alpha value is 0.250. The van der Waals surface area contributed by atoms with Crippen molar-refractivity contribution in [2.45, 2.75) is 46.5 Å². The topological polar surface area (TPSA) is 26.0 Å². The molecular weight excluding hydrogens is 170 g/mol. The van der Waals surface area contributed by atoms with Crippen LogP contribution in [0, 0.1) is 10.8 Å². The van der Waals surface area contributed by atoms with Gasteiger partial charge in [0.15, 0.2) is 0 Å². The van der Waals surface area contributed by atoms with E-state index in [4.69, 9.17) is 5.73 Å². The second-order valence-corrected chi connectivity index (χ2v) is 5.18. The Labute approximate surface area is 82.5 Å². The summed E-state index contributed by atoms with van der Waals surface area (Å²) in [6.07, 6.45) is 5.33. The van der Waals surface area contributed by atoms with Crippen LogP contribution < -0.4 is 5.73 Å². The lowest BCUT2D eigenvalue weighted by atomic mass is 9.66. The molecule has 12 heavy (non-hydrogen) atoms. The second kappa shape index (κ2) is 3.97. The van der Waals surface area contributed by atoms with E-state index in [2.05, 4.69) is 20.8 Å². The van der Waals surface area contributed by atoms with Crippen LogP contribution >= 0.6 is 12.4 Å². The van der Waals surface area contributed by atoms with Crippen LogP contribution in [-0.2, 0) is 0 Å². The summed E-state index contributed by atoms with van der Waals surface area (Å²) in [5.74, 6) is 0. The van der Waals surface area contributed by atoms with Gasteiger partial charge in [0.2, 0.25) is 0 Å². The number of hydrogen-bond donors (Lipinski definition) is 1. The summed E-state index contributed by atoms with van der Waals surface area (Å²) in [5, 5.41) is 0. The molecule has 74 valence electrons. The summed E-state index contributed by atoms with van der Waals surface area (Å²) < 4.78 is 0. The minimum absolute atomic E-state index is 0. The third-order valence-corrected chi connectivity index (χ3v) is 3.30. The highest BCUT2D eigenvalue weighted by atomic mass is 35.5. The lowest BCUT2D eigenvalue weighted by Gasteiger charge is -2.40. The molecule has 0 atom stereocenters. The molecule has 2 heteroatoms. The second-order valence-electron chi connectivity index (χ2n) is 5.18. The number of rotatable bonds is 1. The van der Waals surface area contributed by atoms with Gasteiger partial charge in [-0.2, -0.15) is 0 Å². The van der Waals surface area contributed by atoms with Crippen LogP contribution in [-0.4, -0.2) is 6.54 Å². The van der Waals surface area contributed by atoms with Crippen molar-refractivity contribution < 1.29 is 0 Å². The largest absolute Gasteiger partial charge is 0.330 e. The summed E-state index contributed by atoms with van der Waals surface area (Å²) in [7, 11) is 0. The third kappa shape index (κ3) is 2.95. The minimum atomic E-state index is 0. The summed E-state index contributed by atoms with van der Waals surface area (Å²) in [6, 6.07) is 0. The predicted octanol–water partition coefficient (Wildman–Crippen LogP) is 2.97. The molecule has 0 unspecified atom stereocenters. The molecule has 0 aromatic heterocycles. The highest BCUT2D eigenvalue weighted by Gasteiger charge is 2.33. The van der Waals surface area contributed by atoms with Crippen LogP contribution in [0.5, 0.6) is 0 Å². The lowest BCUT2D eigenvalue weighted by Crippen LogP contribution is -2.34. The van der Waals surface area contributed by atoms with Gasteiger partial charge in [-0.1, -0.05) is 20.8 Å². The van der Waals surface area contributed by atoms with Crippen molar-refractivity contribution in [1.82, 2.24) is 0 Å². The molecule has 0 aromatic rings. The van der Waals surface area contributed by atoms with Crippen molar-refractivity contribution in [2.24, 2.45) is 16.6 Å². The predicted molar refractivity (Wildman–Crippen MR) is 56.7 cm³/mol. The van der Waals surface area contributed by atoms with Crippen molar-refractivity contribution in [1.29, 1.82) is 0 Å². The zero-order valence-electron chi connectivity index (χ0n) is 8.52. The van der Waals surface area contributed by atoms with E-state index in [1.54, 1.807) is 0 Å². The SMILES string of the molecule is CC1(C)CCC(C)(CN)CC1.Cl.